The maximum absolute atomic E-state index is 13.1. The SMILES string of the molecule is O=C(NCCS(=O)C(F)(F)F)NCc1cc2ccc(F)cc2[nH]c1=O. The number of fused-ring (bicyclic) bond motifs is 1. The van der Waals surface area contributed by atoms with Gasteiger partial charge in [0.15, 0.2) is 0 Å². The van der Waals surface area contributed by atoms with Gasteiger partial charge in [0, 0.05) is 24.4 Å². The monoisotopic (exact) mass is 379 g/mol. The first-order valence-electron chi connectivity index (χ1n) is 6.95. The summed E-state index contributed by atoms with van der Waals surface area (Å²) in [5, 5.41) is 4.97. The standard InChI is InChI=1S/C14H13F4N3O3S/c15-10-2-1-8-5-9(12(22)21-11(8)6-10)7-20-13(23)19-3-4-25(24)14(16,17)18/h1-2,5-6H,3-4,7H2,(H,21,22)(H2,19,20,23). The fourth-order valence-corrected chi connectivity index (χ4v) is 2.48. The molecule has 0 bridgehead atoms. The lowest BCUT2D eigenvalue weighted by molar-refractivity contribution is -0.0384. The highest BCUT2D eigenvalue weighted by Crippen LogP contribution is 2.19. The number of hydrogen-bond acceptors (Lipinski definition) is 3. The molecule has 25 heavy (non-hydrogen) atoms. The second-order valence-electron chi connectivity index (χ2n) is 4.96. The van der Waals surface area contributed by atoms with Crippen molar-refractivity contribution in [1.29, 1.82) is 0 Å². The molecule has 1 aromatic heterocycles. The molecule has 2 rings (SSSR count). The highest BCUT2D eigenvalue weighted by atomic mass is 32.2. The Hall–Kier alpha value is -2.43. The van der Waals surface area contributed by atoms with Crippen LogP contribution in [-0.2, 0) is 17.3 Å². The summed E-state index contributed by atoms with van der Waals surface area (Å²) >= 11 is 0. The molecule has 0 saturated carbocycles. The Balaban J connectivity index is 1.90. The lowest BCUT2D eigenvalue weighted by Crippen LogP contribution is -2.39. The lowest BCUT2D eigenvalue weighted by atomic mass is 10.1. The van der Waals surface area contributed by atoms with Crippen LogP contribution in [0.15, 0.2) is 29.1 Å². The number of hydrogen-bond donors (Lipinski definition) is 3. The Kier molecular flexibility index (Phi) is 5.77. The first kappa shape index (κ1) is 18.9. The first-order chi connectivity index (χ1) is 11.7. The summed E-state index contributed by atoms with van der Waals surface area (Å²) in [5.41, 5.74) is -4.87. The van der Waals surface area contributed by atoms with E-state index in [2.05, 4.69) is 15.6 Å². The van der Waals surface area contributed by atoms with Crippen LogP contribution in [0.5, 0.6) is 0 Å². The molecule has 0 spiro atoms. The lowest BCUT2D eigenvalue weighted by Gasteiger charge is -2.09. The van der Waals surface area contributed by atoms with E-state index in [1.165, 1.54) is 18.2 Å². The van der Waals surface area contributed by atoms with Crippen LogP contribution in [0.3, 0.4) is 0 Å². The molecule has 1 heterocycles. The van der Waals surface area contributed by atoms with Gasteiger partial charge in [-0.2, -0.15) is 13.2 Å². The number of benzene rings is 1. The van der Waals surface area contributed by atoms with Crippen LogP contribution in [0.4, 0.5) is 22.4 Å². The second kappa shape index (κ2) is 7.64. The Labute approximate surface area is 141 Å². The van der Waals surface area contributed by atoms with Crippen LogP contribution < -0.4 is 16.2 Å². The number of urea groups is 1. The zero-order valence-electron chi connectivity index (χ0n) is 12.6. The van der Waals surface area contributed by atoms with E-state index in [1.807, 2.05) is 0 Å². The number of carbonyl (C=O) groups is 1. The van der Waals surface area contributed by atoms with Crippen LogP contribution in [0, 0.1) is 5.82 Å². The first-order valence-corrected chi connectivity index (χ1v) is 8.27. The average Bonchev–Trinajstić information content (AvgIpc) is 2.51. The molecule has 0 aliphatic rings. The third-order valence-electron chi connectivity index (χ3n) is 3.16. The number of aromatic amines is 1. The Morgan fingerprint density at radius 2 is 1.92 bits per heavy atom. The van der Waals surface area contributed by atoms with Crippen molar-refractivity contribution in [2.24, 2.45) is 0 Å². The summed E-state index contributed by atoms with van der Waals surface area (Å²) in [6.07, 6.45) is 0. The third kappa shape index (κ3) is 5.28. The van der Waals surface area contributed by atoms with E-state index in [4.69, 9.17) is 0 Å². The summed E-state index contributed by atoms with van der Waals surface area (Å²) in [6, 6.07) is 4.48. The molecule has 0 fully saturated rings. The minimum Gasteiger partial charge on any atom is -0.337 e. The van der Waals surface area contributed by atoms with Gasteiger partial charge in [-0.15, -0.1) is 0 Å². The minimum absolute atomic E-state index is 0.184. The number of alkyl halides is 3. The third-order valence-corrected chi connectivity index (χ3v) is 4.25. The molecular formula is C14H13F4N3O3S. The van der Waals surface area contributed by atoms with E-state index in [0.717, 1.165) is 6.07 Å². The molecule has 1 atom stereocenters. The van der Waals surface area contributed by atoms with Crippen LogP contribution in [0.2, 0.25) is 0 Å². The molecule has 11 heteroatoms. The van der Waals surface area contributed by atoms with Crippen molar-refractivity contribution in [1.82, 2.24) is 15.6 Å². The van der Waals surface area contributed by atoms with Gasteiger partial charge in [0.05, 0.1) is 5.52 Å². The van der Waals surface area contributed by atoms with E-state index in [0.29, 0.717) is 10.9 Å². The van der Waals surface area contributed by atoms with E-state index >= 15 is 0 Å². The van der Waals surface area contributed by atoms with Crippen molar-refractivity contribution in [3.8, 4) is 0 Å². The molecule has 0 aliphatic heterocycles. The van der Waals surface area contributed by atoms with Crippen molar-refractivity contribution in [3.05, 3.63) is 46.0 Å². The van der Waals surface area contributed by atoms with Crippen LogP contribution in [0.1, 0.15) is 5.56 Å². The van der Waals surface area contributed by atoms with Gasteiger partial charge in [0.2, 0.25) is 0 Å². The number of H-pyrrole nitrogens is 1. The number of pyridine rings is 1. The highest BCUT2D eigenvalue weighted by Gasteiger charge is 2.36. The van der Waals surface area contributed by atoms with Gasteiger partial charge in [0.25, 0.3) is 5.56 Å². The van der Waals surface area contributed by atoms with Crippen LogP contribution in [-0.4, -0.2) is 33.0 Å². The largest absolute Gasteiger partial charge is 0.471 e. The van der Waals surface area contributed by atoms with Crippen molar-refractivity contribution >= 4 is 27.7 Å². The van der Waals surface area contributed by atoms with Gasteiger partial charge in [-0.05, 0) is 29.7 Å². The summed E-state index contributed by atoms with van der Waals surface area (Å²) < 4.78 is 60.0. The average molecular weight is 379 g/mol. The normalized spacial score (nSPS) is 12.8. The summed E-state index contributed by atoms with van der Waals surface area (Å²) in [4.78, 5) is 25.8. The predicted molar refractivity (Wildman–Crippen MR) is 83.8 cm³/mol. The number of nitrogens with one attached hydrogen (secondary N) is 3. The molecule has 0 saturated heterocycles. The molecule has 136 valence electrons. The van der Waals surface area contributed by atoms with E-state index < -0.39 is 46.0 Å². The summed E-state index contributed by atoms with van der Waals surface area (Å²) in [6.45, 7) is -0.623. The fourth-order valence-electron chi connectivity index (χ4n) is 1.96. The maximum Gasteiger partial charge on any atom is 0.471 e. The number of halogens is 4. The predicted octanol–water partition coefficient (Wildman–Crippen LogP) is 1.73. The van der Waals surface area contributed by atoms with E-state index in [-0.39, 0.29) is 12.1 Å². The Morgan fingerprint density at radius 3 is 2.60 bits per heavy atom. The highest BCUT2D eigenvalue weighted by molar-refractivity contribution is 7.85. The smallest absolute Gasteiger partial charge is 0.337 e. The van der Waals surface area contributed by atoms with E-state index in [9.17, 15) is 31.4 Å². The van der Waals surface area contributed by atoms with Gasteiger partial charge in [-0.25, -0.2) is 9.18 Å². The fraction of sp³-hybridized carbons (Fsp3) is 0.286. The quantitative estimate of drug-likeness (QED) is 0.691. The van der Waals surface area contributed by atoms with Gasteiger partial charge in [0.1, 0.15) is 16.6 Å². The molecule has 1 unspecified atom stereocenters. The zero-order valence-corrected chi connectivity index (χ0v) is 13.4. The Morgan fingerprint density at radius 1 is 1.20 bits per heavy atom. The van der Waals surface area contributed by atoms with Crippen molar-refractivity contribution in [2.75, 3.05) is 12.3 Å². The topological polar surface area (TPSA) is 91.1 Å². The number of amides is 2. The van der Waals surface area contributed by atoms with Crippen LogP contribution >= 0.6 is 0 Å². The van der Waals surface area contributed by atoms with Crippen molar-refractivity contribution in [3.63, 3.8) is 0 Å². The molecule has 3 N–H and O–H groups in total. The maximum atomic E-state index is 13.1. The number of rotatable bonds is 5. The summed E-state index contributed by atoms with van der Waals surface area (Å²) in [5.74, 6) is -1.27. The summed E-state index contributed by atoms with van der Waals surface area (Å²) in [7, 11) is -3.04. The van der Waals surface area contributed by atoms with Crippen LogP contribution in [0.25, 0.3) is 10.9 Å². The van der Waals surface area contributed by atoms with Gasteiger partial charge in [-0.1, -0.05) is 0 Å². The molecular weight excluding hydrogens is 366 g/mol. The van der Waals surface area contributed by atoms with Gasteiger partial charge in [-0.3, -0.25) is 9.00 Å². The van der Waals surface area contributed by atoms with Crippen molar-refractivity contribution in [2.45, 2.75) is 12.1 Å². The minimum atomic E-state index is -4.82. The molecule has 6 nitrogen and oxygen atoms in total. The van der Waals surface area contributed by atoms with Crippen molar-refractivity contribution < 1.29 is 26.6 Å². The molecule has 0 radical (unpaired) electrons. The molecule has 1 aromatic carbocycles. The van der Waals surface area contributed by atoms with Gasteiger partial charge < -0.3 is 15.6 Å². The molecule has 2 amide bonds. The Bertz CT molecular complexity index is 867. The van der Waals surface area contributed by atoms with Gasteiger partial charge >= 0.3 is 11.5 Å². The molecule has 2 aromatic rings. The van der Waals surface area contributed by atoms with E-state index in [1.54, 1.807) is 0 Å². The number of carbonyl (C=O) groups excluding carboxylic acids is 1. The number of aromatic nitrogens is 1. The second-order valence-corrected chi connectivity index (χ2v) is 6.52. The zero-order chi connectivity index (χ0) is 18.6. The molecule has 0 aliphatic carbocycles.